The maximum atomic E-state index is 12.6. The molecule has 0 fully saturated rings. The van der Waals surface area contributed by atoms with E-state index in [1.807, 2.05) is 13.8 Å². The van der Waals surface area contributed by atoms with E-state index < -0.39 is 15.9 Å². The normalized spacial score (nSPS) is 11.3. The fourth-order valence-electron chi connectivity index (χ4n) is 2.53. The molecule has 0 aliphatic rings. The number of aryl methyl sites for hydroxylation is 1. The Bertz CT molecular complexity index is 929. The van der Waals surface area contributed by atoms with Crippen molar-refractivity contribution in [2.75, 3.05) is 22.4 Å². The van der Waals surface area contributed by atoms with Gasteiger partial charge >= 0.3 is 0 Å². The highest BCUT2D eigenvalue weighted by atomic mass is 35.5. The summed E-state index contributed by atoms with van der Waals surface area (Å²) in [5.74, 6) is 0.0454. The molecule has 8 heteroatoms. The molecule has 0 unspecified atom stereocenters. The van der Waals surface area contributed by atoms with Gasteiger partial charge in [0.15, 0.2) is 0 Å². The zero-order valence-electron chi connectivity index (χ0n) is 15.7. The van der Waals surface area contributed by atoms with Crippen molar-refractivity contribution in [1.82, 2.24) is 0 Å². The number of benzene rings is 2. The highest BCUT2D eigenvalue weighted by Crippen LogP contribution is 2.27. The third kappa shape index (κ3) is 5.87. The second-order valence-electron chi connectivity index (χ2n) is 6.41. The molecule has 0 spiro atoms. The van der Waals surface area contributed by atoms with Crippen LogP contribution in [0.15, 0.2) is 42.5 Å². The number of para-hydroxylation sites is 2. The first-order valence-electron chi connectivity index (χ1n) is 8.37. The van der Waals surface area contributed by atoms with Crippen LogP contribution < -0.4 is 14.4 Å². The van der Waals surface area contributed by atoms with Crippen LogP contribution in [0.1, 0.15) is 19.4 Å². The lowest BCUT2D eigenvalue weighted by Crippen LogP contribution is -2.38. The highest BCUT2D eigenvalue weighted by molar-refractivity contribution is 7.92. The first-order chi connectivity index (χ1) is 12.6. The van der Waals surface area contributed by atoms with Crippen LogP contribution in [0, 0.1) is 6.92 Å². The predicted octanol–water partition coefficient (Wildman–Crippen LogP) is 3.84. The molecule has 0 saturated carbocycles. The summed E-state index contributed by atoms with van der Waals surface area (Å²) >= 11 is 5.95. The first-order valence-corrected chi connectivity index (χ1v) is 10.6. The molecule has 6 nitrogen and oxygen atoms in total. The van der Waals surface area contributed by atoms with E-state index in [0.29, 0.717) is 27.7 Å². The summed E-state index contributed by atoms with van der Waals surface area (Å²) in [5.41, 5.74) is 1.55. The molecule has 2 aromatic carbocycles. The Labute approximate surface area is 165 Å². The molecule has 0 aliphatic heterocycles. The molecule has 146 valence electrons. The van der Waals surface area contributed by atoms with Crippen molar-refractivity contribution in [2.45, 2.75) is 26.9 Å². The Hall–Kier alpha value is -2.25. The van der Waals surface area contributed by atoms with Crippen molar-refractivity contribution in [3.8, 4) is 5.75 Å². The third-order valence-electron chi connectivity index (χ3n) is 3.64. The number of ether oxygens (including phenoxy) is 1. The largest absolute Gasteiger partial charge is 0.489 e. The van der Waals surface area contributed by atoms with Gasteiger partial charge in [0, 0.05) is 5.02 Å². The van der Waals surface area contributed by atoms with Gasteiger partial charge < -0.3 is 10.1 Å². The number of halogens is 1. The van der Waals surface area contributed by atoms with Crippen molar-refractivity contribution in [3.05, 3.63) is 53.1 Å². The SMILES string of the molecule is Cc1cc(Cl)ccc1N(CC(=O)Nc1ccccc1OC(C)C)S(C)(=O)=O. The Kier molecular flexibility index (Phi) is 6.73. The van der Waals surface area contributed by atoms with Gasteiger partial charge in [-0.05, 0) is 56.7 Å². The Morgan fingerprint density at radius 3 is 2.48 bits per heavy atom. The van der Waals surface area contributed by atoms with Crippen molar-refractivity contribution in [2.24, 2.45) is 0 Å². The average Bonchev–Trinajstić information content (AvgIpc) is 2.54. The van der Waals surface area contributed by atoms with Gasteiger partial charge in [-0.2, -0.15) is 0 Å². The van der Waals surface area contributed by atoms with Crippen LogP contribution in [-0.4, -0.2) is 33.2 Å². The topological polar surface area (TPSA) is 75.7 Å². The van der Waals surface area contributed by atoms with Crippen LogP contribution in [0.5, 0.6) is 5.75 Å². The third-order valence-corrected chi connectivity index (χ3v) is 5.00. The molecular weight excluding hydrogens is 388 g/mol. The minimum Gasteiger partial charge on any atom is -0.489 e. The maximum absolute atomic E-state index is 12.6. The molecule has 0 aliphatic carbocycles. The van der Waals surface area contributed by atoms with Crippen molar-refractivity contribution in [1.29, 1.82) is 0 Å². The summed E-state index contributed by atoms with van der Waals surface area (Å²) in [6.45, 7) is 5.14. The summed E-state index contributed by atoms with van der Waals surface area (Å²) in [7, 11) is -3.67. The lowest BCUT2D eigenvalue weighted by Gasteiger charge is -2.24. The molecular formula is C19H23ClN2O4S. The highest BCUT2D eigenvalue weighted by Gasteiger charge is 2.23. The molecule has 0 atom stereocenters. The van der Waals surface area contributed by atoms with Gasteiger partial charge in [-0.25, -0.2) is 8.42 Å². The number of hydrogen-bond acceptors (Lipinski definition) is 4. The molecule has 0 aromatic heterocycles. The van der Waals surface area contributed by atoms with Gasteiger partial charge in [-0.1, -0.05) is 23.7 Å². The summed E-state index contributed by atoms with van der Waals surface area (Å²) < 4.78 is 31.2. The van der Waals surface area contributed by atoms with Gasteiger partial charge in [0.2, 0.25) is 15.9 Å². The second-order valence-corrected chi connectivity index (χ2v) is 8.75. The van der Waals surface area contributed by atoms with Gasteiger partial charge in [0.1, 0.15) is 12.3 Å². The molecule has 1 N–H and O–H groups in total. The van der Waals surface area contributed by atoms with E-state index in [2.05, 4.69) is 5.32 Å². The second kappa shape index (κ2) is 8.63. The van der Waals surface area contributed by atoms with Crippen molar-refractivity contribution in [3.63, 3.8) is 0 Å². The average molecular weight is 411 g/mol. The fourth-order valence-corrected chi connectivity index (χ4v) is 3.67. The van der Waals surface area contributed by atoms with Crippen LogP contribution in [0.25, 0.3) is 0 Å². The summed E-state index contributed by atoms with van der Waals surface area (Å²) in [6.07, 6.45) is 0.997. The van der Waals surface area contributed by atoms with E-state index in [-0.39, 0.29) is 12.6 Å². The Morgan fingerprint density at radius 2 is 1.89 bits per heavy atom. The lowest BCUT2D eigenvalue weighted by atomic mass is 10.2. The number of rotatable bonds is 7. The van der Waals surface area contributed by atoms with E-state index in [9.17, 15) is 13.2 Å². The number of amides is 1. The van der Waals surface area contributed by atoms with Gasteiger partial charge in [0.05, 0.1) is 23.7 Å². The molecule has 2 aromatic rings. The molecule has 0 bridgehead atoms. The van der Waals surface area contributed by atoms with Gasteiger partial charge in [0.25, 0.3) is 0 Å². The molecule has 1 amide bonds. The Balaban J connectivity index is 2.26. The number of anilines is 2. The number of sulfonamides is 1. The zero-order chi connectivity index (χ0) is 20.2. The minimum atomic E-state index is -3.67. The van der Waals surface area contributed by atoms with Crippen LogP contribution in [-0.2, 0) is 14.8 Å². The van der Waals surface area contributed by atoms with E-state index in [4.69, 9.17) is 16.3 Å². The molecule has 27 heavy (non-hydrogen) atoms. The molecule has 2 rings (SSSR count). The lowest BCUT2D eigenvalue weighted by molar-refractivity contribution is -0.114. The summed E-state index contributed by atoms with van der Waals surface area (Å²) in [5, 5.41) is 3.22. The van der Waals surface area contributed by atoms with Crippen molar-refractivity contribution < 1.29 is 17.9 Å². The monoisotopic (exact) mass is 410 g/mol. The quantitative estimate of drug-likeness (QED) is 0.752. The van der Waals surface area contributed by atoms with E-state index in [1.165, 1.54) is 0 Å². The Morgan fingerprint density at radius 1 is 1.22 bits per heavy atom. The molecule has 0 radical (unpaired) electrons. The maximum Gasteiger partial charge on any atom is 0.245 e. The standard InChI is InChI=1S/C19H23ClN2O4S/c1-13(2)26-18-8-6-5-7-16(18)21-19(23)12-22(27(4,24)25)17-10-9-15(20)11-14(17)3/h5-11,13H,12H2,1-4H3,(H,21,23). The summed E-state index contributed by atoms with van der Waals surface area (Å²) in [6, 6.07) is 11.8. The molecule has 0 heterocycles. The number of nitrogens with one attached hydrogen (secondary N) is 1. The fraction of sp³-hybridized carbons (Fsp3) is 0.316. The number of hydrogen-bond donors (Lipinski definition) is 1. The molecule has 0 saturated heterocycles. The first kappa shape index (κ1) is 21.1. The van der Waals surface area contributed by atoms with Gasteiger partial charge in [-0.15, -0.1) is 0 Å². The number of carbonyl (C=O) groups is 1. The van der Waals surface area contributed by atoms with Crippen molar-refractivity contribution >= 4 is 38.9 Å². The van der Waals surface area contributed by atoms with Crippen LogP contribution in [0.3, 0.4) is 0 Å². The zero-order valence-corrected chi connectivity index (χ0v) is 17.3. The summed E-state index contributed by atoms with van der Waals surface area (Å²) in [4.78, 5) is 12.6. The number of nitrogens with zero attached hydrogens (tertiary/aromatic N) is 1. The van der Waals surface area contributed by atoms with Gasteiger partial charge in [-0.3, -0.25) is 9.10 Å². The number of carbonyl (C=O) groups excluding carboxylic acids is 1. The van der Waals surface area contributed by atoms with Crippen LogP contribution >= 0.6 is 11.6 Å². The van der Waals surface area contributed by atoms with E-state index in [0.717, 1.165) is 10.6 Å². The van der Waals surface area contributed by atoms with Crippen LogP contribution in [0.4, 0.5) is 11.4 Å². The van der Waals surface area contributed by atoms with E-state index >= 15 is 0 Å². The predicted molar refractivity (Wildman–Crippen MR) is 109 cm³/mol. The van der Waals surface area contributed by atoms with E-state index in [1.54, 1.807) is 49.4 Å². The smallest absolute Gasteiger partial charge is 0.245 e. The minimum absolute atomic E-state index is 0.0627. The van der Waals surface area contributed by atoms with Crippen LogP contribution in [0.2, 0.25) is 5.02 Å².